The first-order valence-corrected chi connectivity index (χ1v) is 9.11. The molecule has 29 heavy (non-hydrogen) atoms. The summed E-state index contributed by atoms with van der Waals surface area (Å²) in [5.74, 6) is -0.202. The Hall–Kier alpha value is -2.27. The monoisotopic (exact) mass is 427 g/mol. The zero-order valence-electron chi connectivity index (χ0n) is 17.6. The molecule has 7 nitrogen and oxygen atoms in total. The molecule has 0 aliphatic heterocycles. The van der Waals surface area contributed by atoms with Crippen molar-refractivity contribution in [1.29, 1.82) is 0 Å². The van der Waals surface area contributed by atoms with Crippen LogP contribution in [0.3, 0.4) is 0 Å². The van der Waals surface area contributed by atoms with Gasteiger partial charge >= 0.3 is 19.3 Å². The lowest BCUT2D eigenvalue weighted by Gasteiger charge is -2.23. The van der Waals surface area contributed by atoms with Gasteiger partial charge in [-0.25, -0.2) is 18.7 Å². The van der Waals surface area contributed by atoms with E-state index in [1.807, 2.05) is 48.8 Å². The van der Waals surface area contributed by atoms with Crippen molar-refractivity contribution in [3.05, 3.63) is 18.7 Å². The van der Waals surface area contributed by atoms with Crippen LogP contribution in [0.1, 0.15) is 41.0 Å². The van der Waals surface area contributed by atoms with Gasteiger partial charge in [-0.15, -0.1) is 0 Å². The van der Waals surface area contributed by atoms with Crippen LogP contribution in [-0.2, 0) is 27.9 Å². The second kappa shape index (κ2) is 11.7. The first-order valence-electron chi connectivity index (χ1n) is 9.11. The number of esters is 1. The lowest BCUT2D eigenvalue weighted by atomic mass is 10.0. The highest BCUT2D eigenvalue weighted by Gasteiger charge is 2.26. The normalized spacial score (nSPS) is 12.7. The van der Waals surface area contributed by atoms with Crippen LogP contribution in [0.4, 0.5) is 22.1 Å². The van der Waals surface area contributed by atoms with E-state index >= 15 is 0 Å². The number of nitrogens with one attached hydrogen (secondary N) is 1. The van der Waals surface area contributed by atoms with Gasteiger partial charge in [-0.1, -0.05) is 13.8 Å². The van der Waals surface area contributed by atoms with E-state index in [4.69, 9.17) is 9.47 Å². The van der Waals surface area contributed by atoms with Crippen molar-refractivity contribution in [2.45, 2.75) is 59.2 Å². The third-order valence-corrected chi connectivity index (χ3v) is 3.10. The molecular weight excluding hydrogens is 397 g/mol. The summed E-state index contributed by atoms with van der Waals surface area (Å²) in [4.78, 5) is 24.2. The molecule has 12 heteroatoms. The average Bonchev–Trinajstić information content (AvgIpc) is 2.87. The molecule has 0 aliphatic rings. The van der Waals surface area contributed by atoms with E-state index < -0.39 is 31.0 Å². The van der Waals surface area contributed by atoms with Gasteiger partial charge < -0.3 is 32.1 Å². The van der Waals surface area contributed by atoms with E-state index in [9.17, 15) is 26.9 Å². The third-order valence-electron chi connectivity index (χ3n) is 3.10. The van der Waals surface area contributed by atoms with E-state index in [2.05, 4.69) is 5.32 Å². The summed E-state index contributed by atoms with van der Waals surface area (Å²) in [6.07, 6.45) is 5.60. The van der Waals surface area contributed by atoms with E-state index in [1.165, 1.54) is 0 Å². The number of alkyl carbamates (subject to hydrolysis) is 1. The fourth-order valence-electron chi connectivity index (χ4n) is 2.12. The third kappa shape index (κ3) is 16.4. The van der Waals surface area contributed by atoms with Gasteiger partial charge in [0.15, 0.2) is 0 Å². The first kappa shape index (κ1) is 26.7. The van der Waals surface area contributed by atoms with Crippen LogP contribution >= 0.6 is 0 Å². The maximum atomic E-state index is 12.3. The Balaban J connectivity index is 0.00000139. The number of carbonyl (C=O) groups is 2. The molecule has 0 aromatic carbocycles. The Kier molecular flexibility index (Phi) is 10.8. The predicted molar refractivity (Wildman–Crippen MR) is 99.4 cm³/mol. The van der Waals surface area contributed by atoms with Crippen LogP contribution in [0, 0.1) is 5.92 Å². The van der Waals surface area contributed by atoms with Crippen LogP contribution in [0.2, 0.25) is 0 Å². The molecule has 1 amide bonds. The fourth-order valence-corrected chi connectivity index (χ4v) is 2.12. The summed E-state index contributed by atoms with van der Waals surface area (Å²) in [6, 6.07) is -0.708. The van der Waals surface area contributed by atoms with Gasteiger partial charge in [-0.2, -0.15) is 0 Å². The fraction of sp³-hybridized carbons (Fsp3) is 0.706. The lowest BCUT2D eigenvalue weighted by molar-refractivity contribution is -0.671. The predicted octanol–water partition coefficient (Wildman–Crippen LogP) is 3.10. The van der Waals surface area contributed by atoms with Crippen LogP contribution in [0.5, 0.6) is 0 Å². The number of hydrogen-bond donors (Lipinski definition) is 1. The zero-order valence-corrected chi connectivity index (χ0v) is 17.6. The quantitative estimate of drug-likeness (QED) is 0.314. The maximum Gasteiger partial charge on any atom is 0.673 e. The molecule has 0 radical (unpaired) electrons. The van der Waals surface area contributed by atoms with Crippen molar-refractivity contribution in [2.24, 2.45) is 13.0 Å². The van der Waals surface area contributed by atoms with Crippen molar-refractivity contribution < 1.29 is 40.9 Å². The Morgan fingerprint density at radius 1 is 1.21 bits per heavy atom. The minimum absolute atomic E-state index is 0.237. The number of aromatic nitrogens is 2. The average molecular weight is 427 g/mol. The summed E-state index contributed by atoms with van der Waals surface area (Å²) in [5.41, 5.74) is -0.611. The highest BCUT2D eigenvalue weighted by atomic mass is 19.5. The molecule has 0 aliphatic carbocycles. The van der Waals surface area contributed by atoms with Crippen LogP contribution in [-0.4, -0.2) is 42.1 Å². The van der Waals surface area contributed by atoms with E-state index in [1.54, 1.807) is 20.8 Å². The van der Waals surface area contributed by atoms with Gasteiger partial charge in [-0.05, 0) is 33.1 Å². The Morgan fingerprint density at radius 3 is 2.17 bits per heavy atom. The van der Waals surface area contributed by atoms with E-state index in [0.717, 1.165) is 0 Å². The smallest absolute Gasteiger partial charge is 0.460 e. The number of carbonyl (C=O) groups excluding carboxylic acids is 2. The standard InChI is InChI=1S/C17H29N3O4.BF4/c1-13(2)11-14(18-16(22)24-17(3,4)5)15(21)23-10-9-20-8-7-19(6)12-20;2-1(3,4)5/h7-8,12-14H,9-11H2,1-6H3;/q;-1/p+1/t14-;/m0./s1. The molecule has 1 heterocycles. The number of imidazole rings is 1. The number of halogens is 4. The number of rotatable bonds is 7. The summed E-state index contributed by atoms with van der Waals surface area (Å²) in [7, 11) is -4.08. The molecular formula is C17H30BF4N3O4. The second-order valence-electron chi connectivity index (χ2n) is 7.81. The van der Waals surface area contributed by atoms with Gasteiger partial charge in [-0.3, -0.25) is 0 Å². The molecule has 0 fully saturated rings. The van der Waals surface area contributed by atoms with Crippen molar-refractivity contribution >= 4 is 19.3 Å². The van der Waals surface area contributed by atoms with Crippen molar-refractivity contribution in [3.8, 4) is 0 Å². The molecule has 0 saturated heterocycles. The molecule has 1 rings (SSSR count). The van der Waals surface area contributed by atoms with Crippen LogP contribution in [0.25, 0.3) is 0 Å². The molecule has 0 saturated carbocycles. The van der Waals surface area contributed by atoms with Gasteiger partial charge in [0.25, 0.3) is 0 Å². The van der Waals surface area contributed by atoms with Crippen LogP contribution in [0.15, 0.2) is 18.7 Å². The Morgan fingerprint density at radius 2 is 1.76 bits per heavy atom. The van der Waals surface area contributed by atoms with Gasteiger partial charge in [0.05, 0.1) is 7.05 Å². The maximum absolute atomic E-state index is 12.3. The molecule has 1 aromatic heterocycles. The minimum Gasteiger partial charge on any atom is -0.460 e. The molecule has 1 N–H and O–H groups in total. The Labute approximate surface area is 168 Å². The van der Waals surface area contributed by atoms with Crippen LogP contribution < -0.4 is 9.88 Å². The van der Waals surface area contributed by atoms with E-state index in [-0.39, 0.29) is 12.5 Å². The highest BCUT2D eigenvalue weighted by molar-refractivity contribution is 6.50. The number of nitrogens with zero attached hydrogens (tertiary/aromatic N) is 2. The molecule has 0 bridgehead atoms. The van der Waals surface area contributed by atoms with Gasteiger partial charge in [0.2, 0.25) is 6.33 Å². The molecule has 1 aromatic rings. The Bertz CT molecular complexity index is 639. The van der Waals surface area contributed by atoms with E-state index in [0.29, 0.717) is 13.0 Å². The zero-order chi connectivity index (χ0) is 22.8. The number of amides is 1. The van der Waals surface area contributed by atoms with Gasteiger partial charge in [0, 0.05) is 0 Å². The summed E-state index contributed by atoms with van der Waals surface area (Å²) in [6.45, 7) is 10.1. The van der Waals surface area contributed by atoms with Crippen molar-refractivity contribution in [2.75, 3.05) is 6.61 Å². The number of ether oxygens (including phenoxy) is 2. The molecule has 0 spiro atoms. The topological polar surface area (TPSA) is 73.4 Å². The second-order valence-corrected chi connectivity index (χ2v) is 7.81. The molecule has 168 valence electrons. The minimum atomic E-state index is -6.00. The molecule has 0 unspecified atom stereocenters. The van der Waals surface area contributed by atoms with Crippen molar-refractivity contribution in [3.63, 3.8) is 0 Å². The summed E-state index contributed by atoms with van der Waals surface area (Å²) in [5, 5.41) is 2.61. The largest absolute Gasteiger partial charge is 0.673 e. The van der Waals surface area contributed by atoms with Crippen molar-refractivity contribution in [1.82, 2.24) is 9.88 Å². The SMILES string of the molecule is CC(C)C[C@H](NC(=O)OC(C)(C)C)C(=O)OCCn1cc[n+](C)c1.F[B-](F)(F)F. The summed E-state index contributed by atoms with van der Waals surface area (Å²) < 4.78 is 53.4. The number of aryl methyl sites for hydroxylation is 1. The summed E-state index contributed by atoms with van der Waals surface area (Å²) >= 11 is 0. The highest BCUT2D eigenvalue weighted by Crippen LogP contribution is 2.10. The number of hydrogen-bond acceptors (Lipinski definition) is 4. The lowest BCUT2D eigenvalue weighted by Crippen LogP contribution is -2.45. The van der Waals surface area contributed by atoms with Gasteiger partial charge in [0.1, 0.15) is 37.2 Å². The molecule has 1 atom stereocenters. The first-order chi connectivity index (χ1) is 13.1.